The molecule has 2 aromatic carbocycles. The van der Waals surface area contributed by atoms with E-state index in [1.807, 2.05) is 31.2 Å². The fourth-order valence-corrected chi connectivity index (χ4v) is 3.52. The van der Waals surface area contributed by atoms with Gasteiger partial charge in [0.2, 0.25) is 0 Å². The summed E-state index contributed by atoms with van der Waals surface area (Å²) in [7, 11) is 4.33. The van der Waals surface area contributed by atoms with Gasteiger partial charge in [0, 0.05) is 6.04 Å². The fraction of sp³-hybridized carbons (Fsp3) is 0.348. The number of ether oxygens (including phenoxy) is 3. The van der Waals surface area contributed by atoms with E-state index in [-0.39, 0.29) is 13.0 Å². The zero-order chi connectivity index (χ0) is 24.7. The van der Waals surface area contributed by atoms with Gasteiger partial charge in [0.1, 0.15) is 6.54 Å². The van der Waals surface area contributed by atoms with Crippen LogP contribution in [-0.2, 0) is 20.9 Å². The molecule has 0 amide bonds. The Kier molecular flexibility index (Phi) is 8.14. The first kappa shape index (κ1) is 24.6. The molecule has 0 fully saturated rings. The molecule has 0 saturated carbocycles. The molecular weight excluding hydrogens is 442 g/mol. The highest BCUT2D eigenvalue weighted by Crippen LogP contribution is 2.33. The van der Waals surface area contributed by atoms with Gasteiger partial charge in [0.15, 0.2) is 17.3 Å². The van der Waals surface area contributed by atoms with Crippen molar-refractivity contribution < 1.29 is 28.9 Å². The monoisotopic (exact) mass is 469 g/mol. The predicted molar refractivity (Wildman–Crippen MR) is 121 cm³/mol. The number of nitrogens with one attached hydrogen (secondary N) is 1. The minimum Gasteiger partial charge on any atom is -0.493 e. The van der Waals surface area contributed by atoms with Crippen molar-refractivity contribution in [3.8, 4) is 11.5 Å². The lowest BCUT2D eigenvalue weighted by molar-refractivity contribution is -0.141. The molecule has 1 heterocycles. The third-order valence-electron chi connectivity index (χ3n) is 5.29. The highest BCUT2D eigenvalue weighted by molar-refractivity contribution is 5.69. The van der Waals surface area contributed by atoms with Crippen LogP contribution in [-0.4, -0.2) is 58.6 Å². The molecular formula is C23H27N5O6. The van der Waals surface area contributed by atoms with Gasteiger partial charge in [0.05, 0.1) is 33.8 Å². The molecule has 2 N–H and O–H groups in total. The van der Waals surface area contributed by atoms with Gasteiger partial charge >= 0.3 is 11.9 Å². The number of rotatable bonds is 11. The van der Waals surface area contributed by atoms with Crippen molar-refractivity contribution in [3.05, 3.63) is 65.0 Å². The van der Waals surface area contributed by atoms with Gasteiger partial charge in [0.25, 0.3) is 0 Å². The number of methoxy groups -OCH3 is 3. The summed E-state index contributed by atoms with van der Waals surface area (Å²) in [6, 6.07) is 11.6. The maximum Gasteiger partial charge on any atom is 0.327 e. The Morgan fingerprint density at radius 3 is 2.32 bits per heavy atom. The van der Waals surface area contributed by atoms with Crippen LogP contribution in [0.15, 0.2) is 42.5 Å². The van der Waals surface area contributed by atoms with E-state index < -0.39 is 24.0 Å². The smallest absolute Gasteiger partial charge is 0.327 e. The van der Waals surface area contributed by atoms with E-state index in [0.717, 1.165) is 11.1 Å². The number of carboxylic acid groups (broad SMARTS) is 1. The summed E-state index contributed by atoms with van der Waals surface area (Å²) >= 11 is 0. The van der Waals surface area contributed by atoms with E-state index in [1.54, 1.807) is 18.2 Å². The number of nitrogens with zero attached hydrogens (tertiary/aromatic N) is 4. The number of aromatic nitrogens is 4. The Hall–Kier alpha value is -3.99. The fourth-order valence-electron chi connectivity index (χ4n) is 3.52. The van der Waals surface area contributed by atoms with E-state index in [2.05, 4.69) is 20.8 Å². The predicted octanol–water partition coefficient (Wildman–Crippen LogP) is 2.07. The van der Waals surface area contributed by atoms with E-state index in [1.165, 1.54) is 26.0 Å². The van der Waals surface area contributed by atoms with Gasteiger partial charge in [-0.05, 0) is 40.6 Å². The van der Waals surface area contributed by atoms with Gasteiger partial charge in [-0.3, -0.25) is 14.9 Å². The summed E-state index contributed by atoms with van der Waals surface area (Å²) in [5.41, 5.74) is 2.52. The number of benzene rings is 2. The molecule has 2 atom stereocenters. The SMILES string of the molecule is COC(=O)Cn1nnnc1C(NC(CC(=O)O)c1ccc(C)cc1)c1ccc(OC)c(OC)c1. The molecule has 11 heteroatoms. The molecule has 0 aliphatic carbocycles. The zero-order valence-electron chi connectivity index (χ0n) is 19.4. The van der Waals surface area contributed by atoms with Gasteiger partial charge in [-0.15, -0.1) is 5.10 Å². The van der Waals surface area contributed by atoms with Crippen LogP contribution in [0.2, 0.25) is 0 Å². The lowest BCUT2D eigenvalue weighted by Gasteiger charge is -2.26. The molecule has 0 radical (unpaired) electrons. The van der Waals surface area contributed by atoms with E-state index in [0.29, 0.717) is 22.9 Å². The van der Waals surface area contributed by atoms with Crippen molar-refractivity contribution in [1.29, 1.82) is 0 Å². The van der Waals surface area contributed by atoms with Crippen molar-refractivity contribution in [1.82, 2.24) is 25.5 Å². The Morgan fingerprint density at radius 1 is 1.03 bits per heavy atom. The van der Waals surface area contributed by atoms with E-state index in [4.69, 9.17) is 14.2 Å². The molecule has 1 aromatic heterocycles. The molecule has 34 heavy (non-hydrogen) atoms. The highest BCUT2D eigenvalue weighted by Gasteiger charge is 2.28. The van der Waals surface area contributed by atoms with Crippen LogP contribution in [0, 0.1) is 6.92 Å². The number of hydrogen-bond acceptors (Lipinski definition) is 9. The van der Waals surface area contributed by atoms with Crippen LogP contribution in [0.4, 0.5) is 0 Å². The summed E-state index contributed by atoms with van der Waals surface area (Å²) in [5.74, 6) is -0.192. The normalized spacial score (nSPS) is 12.6. The Morgan fingerprint density at radius 2 is 1.71 bits per heavy atom. The number of hydrogen-bond donors (Lipinski definition) is 2. The summed E-state index contributed by atoms with van der Waals surface area (Å²) in [4.78, 5) is 23.6. The Balaban J connectivity index is 2.09. The molecule has 0 aliphatic rings. The van der Waals surface area contributed by atoms with Crippen LogP contribution < -0.4 is 14.8 Å². The molecule has 0 spiro atoms. The summed E-state index contributed by atoms with van der Waals surface area (Å²) in [6.45, 7) is 1.75. The van der Waals surface area contributed by atoms with Crippen LogP contribution in [0.25, 0.3) is 0 Å². The second-order valence-electron chi connectivity index (χ2n) is 7.55. The van der Waals surface area contributed by atoms with Crippen molar-refractivity contribution in [2.45, 2.75) is 32.0 Å². The molecule has 180 valence electrons. The largest absolute Gasteiger partial charge is 0.493 e. The minimum atomic E-state index is -0.974. The topological polar surface area (TPSA) is 138 Å². The third kappa shape index (κ3) is 5.87. The number of esters is 1. The number of aryl methyl sites for hydroxylation is 1. The Bertz CT molecular complexity index is 1130. The molecule has 3 aromatic rings. The van der Waals surface area contributed by atoms with Crippen LogP contribution in [0.3, 0.4) is 0 Å². The van der Waals surface area contributed by atoms with Gasteiger partial charge in [-0.25, -0.2) is 4.68 Å². The Labute approximate surface area is 196 Å². The lowest BCUT2D eigenvalue weighted by atomic mass is 9.98. The summed E-state index contributed by atoms with van der Waals surface area (Å²) < 4.78 is 16.8. The standard InChI is InChI=1S/C23H27N5O6/c1-14-5-7-15(8-6-14)17(12-20(29)30)24-22(16-9-10-18(32-2)19(11-16)33-3)23-25-26-27-28(23)13-21(31)34-4/h5-11,17,22,24H,12-13H2,1-4H3,(H,29,30). The maximum atomic E-state index is 11.9. The third-order valence-corrected chi connectivity index (χ3v) is 5.29. The van der Waals surface area contributed by atoms with Crippen molar-refractivity contribution in [2.75, 3.05) is 21.3 Å². The van der Waals surface area contributed by atoms with Gasteiger partial charge in [-0.2, -0.15) is 0 Å². The number of carboxylic acids is 1. The van der Waals surface area contributed by atoms with Crippen molar-refractivity contribution >= 4 is 11.9 Å². The molecule has 2 unspecified atom stereocenters. The minimum absolute atomic E-state index is 0.189. The van der Waals surface area contributed by atoms with E-state index >= 15 is 0 Å². The quantitative estimate of drug-likeness (QED) is 0.401. The summed E-state index contributed by atoms with van der Waals surface area (Å²) in [6.07, 6.45) is -0.189. The van der Waals surface area contributed by atoms with Crippen LogP contribution in [0.5, 0.6) is 11.5 Å². The average molecular weight is 469 g/mol. The lowest BCUT2D eigenvalue weighted by Crippen LogP contribution is -2.32. The number of carbonyl (C=O) groups is 2. The molecule has 11 nitrogen and oxygen atoms in total. The molecule has 0 aliphatic heterocycles. The zero-order valence-corrected chi connectivity index (χ0v) is 19.4. The first-order valence-electron chi connectivity index (χ1n) is 10.5. The van der Waals surface area contributed by atoms with Crippen molar-refractivity contribution in [3.63, 3.8) is 0 Å². The van der Waals surface area contributed by atoms with Crippen LogP contribution in [0.1, 0.15) is 41.0 Å². The first-order valence-corrected chi connectivity index (χ1v) is 10.5. The van der Waals surface area contributed by atoms with Crippen LogP contribution >= 0.6 is 0 Å². The number of tetrazole rings is 1. The molecule has 0 saturated heterocycles. The molecule has 0 bridgehead atoms. The second kappa shape index (κ2) is 11.2. The summed E-state index contributed by atoms with van der Waals surface area (Å²) in [5, 5.41) is 24.7. The highest BCUT2D eigenvalue weighted by atomic mass is 16.5. The van der Waals surface area contributed by atoms with Gasteiger partial charge in [-0.1, -0.05) is 35.9 Å². The second-order valence-corrected chi connectivity index (χ2v) is 7.55. The van der Waals surface area contributed by atoms with E-state index in [9.17, 15) is 14.7 Å². The maximum absolute atomic E-state index is 11.9. The molecule has 3 rings (SSSR count). The average Bonchev–Trinajstić information content (AvgIpc) is 3.29. The number of carbonyl (C=O) groups excluding carboxylic acids is 1. The number of aliphatic carboxylic acids is 1. The van der Waals surface area contributed by atoms with Crippen molar-refractivity contribution in [2.24, 2.45) is 0 Å². The van der Waals surface area contributed by atoms with Gasteiger partial charge < -0.3 is 19.3 Å². The first-order chi connectivity index (χ1) is 16.4.